The summed E-state index contributed by atoms with van der Waals surface area (Å²) < 4.78 is 80.8. The van der Waals surface area contributed by atoms with E-state index in [0.29, 0.717) is 17.5 Å². The van der Waals surface area contributed by atoms with Gasteiger partial charge in [-0.15, -0.1) is 0 Å². The number of aromatic nitrogens is 2. The van der Waals surface area contributed by atoms with Gasteiger partial charge >= 0.3 is 6.18 Å². The number of hydrogen-bond acceptors (Lipinski definition) is 6. The maximum absolute atomic E-state index is 15.4. The van der Waals surface area contributed by atoms with Gasteiger partial charge in [-0.3, -0.25) is 14.6 Å². The minimum atomic E-state index is -4.64. The molecule has 0 spiro atoms. The summed E-state index contributed by atoms with van der Waals surface area (Å²) in [6, 6.07) is 7.41. The van der Waals surface area contributed by atoms with Gasteiger partial charge in [0.1, 0.15) is 45.6 Å². The standard InChI is InChI=1S/C33H28ClF5N4O4/c1-31(17-4-5-17,13-42-29(44)16-8-15-9-18(33(37,38)39)12-41-26(15)22(10-16)46-3)23-11-20-28(47-14-32(20,2)30(40)45)27(43-23)19-6-7-21(35)24(34)25(19)36/h6-12,17H,4-5,13-14H2,1-3H3,(H2,40,45)(H,42,44)/t31-,32-/m0/s1. The van der Waals surface area contributed by atoms with Crippen LogP contribution in [0.1, 0.15) is 53.9 Å². The van der Waals surface area contributed by atoms with Gasteiger partial charge in [0.05, 0.1) is 12.7 Å². The van der Waals surface area contributed by atoms with Gasteiger partial charge in [-0.2, -0.15) is 13.2 Å². The van der Waals surface area contributed by atoms with Crippen molar-refractivity contribution in [1.82, 2.24) is 15.3 Å². The molecule has 3 N–H and O–H groups in total. The SMILES string of the molecule is COc1cc(C(=O)NC[C@](C)(c2cc3c(c(-c4ccc(F)c(Cl)c4F)n2)OC[C@]3(C)C(N)=O)C2CC2)cc2cc(C(F)(F)F)cnc12. The Morgan fingerprint density at radius 2 is 1.89 bits per heavy atom. The molecule has 246 valence electrons. The average Bonchev–Trinajstić information content (AvgIpc) is 3.84. The molecule has 2 aromatic carbocycles. The molecule has 0 bridgehead atoms. The van der Waals surface area contributed by atoms with Gasteiger partial charge in [0.2, 0.25) is 5.91 Å². The molecule has 2 aromatic heterocycles. The van der Waals surface area contributed by atoms with Crippen molar-refractivity contribution in [2.75, 3.05) is 20.3 Å². The first-order chi connectivity index (χ1) is 22.1. The van der Waals surface area contributed by atoms with Gasteiger partial charge in [0.25, 0.3) is 5.91 Å². The highest BCUT2D eigenvalue weighted by Gasteiger charge is 2.49. The fraction of sp³-hybridized carbons (Fsp3) is 0.333. The second-order valence-electron chi connectivity index (χ2n) is 12.3. The van der Waals surface area contributed by atoms with E-state index in [1.165, 1.54) is 25.3 Å². The molecule has 4 aromatic rings. The molecular weight excluding hydrogens is 647 g/mol. The molecule has 1 saturated carbocycles. The number of fused-ring (bicyclic) bond motifs is 2. The first-order valence-corrected chi connectivity index (χ1v) is 14.9. The molecule has 2 amide bonds. The second-order valence-corrected chi connectivity index (χ2v) is 12.7. The van der Waals surface area contributed by atoms with Gasteiger partial charge in [0.15, 0.2) is 5.82 Å². The van der Waals surface area contributed by atoms with E-state index in [4.69, 9.17) is 31.8 Å². The van der Waals surface area contributed by atoms with Gasteiger partial charge in [-0.1, -0.05) is 18.5 Å². The first kappa shape index (κ1) is 32.4. The van der Waals surface area contributed by atoms with Crippen LogP contribution in [-0.2, 0) is 21.8 Å². The Morgan fingerprint density at radius 3 is 2.53 bits per heavy atom. The van der Waals surface area contributed by atoms with Crippen LogP contribution in [0, 0.1) is 17.6 Å². The fourth-order valence-electron chi connectivity index (χ4n) is 5.96. The van der Waals surface area contributed by atoms with E-state index in [1.807, 2.05) is 6.92 Å². The lowest BCUT2D eigenvalue weighted by atomic mass is 9.77. The lowest BCUT2D eigenvalue weighted by Gasteiger charge is -2.31. The Morgan fingerprint density at radius 1 is 1.17 bits per heavy atom. The summed E-state index contributed by atoms with van der Waals surface area (Å²) in [6.45, 7) is 3.31. The monoisotopic (exact) mass is 674 g/mol. The second kappa shape index (κ2) is 11.3. The Balaban J connectivity index is 1.41. The number of nitrogens with one attached hydrogen (secondary N) is 1. The third-order valence-corrected chi connectivity index (χ3v) is 9.49. The predicted molar refractivity (Wildman–Crippen MR) is 162 cm³/mol. The highest BCUT2D eigenvalue weighted by Crippen LogP contribution is 2.51. The number of rotatable bonds is 8. The van der Waals surface area contributed by atoms with Crippen LogP contribution < -0.4 is 20.5 Å². The van der Waals surface area contributed by atoms with Crippen LogP contribution in [0.2, 0.25) is 5.02 Å². The zero-order valence-electron chi connectivity index (χ0n) is 25.3. The van der Waals surface area contributed by atoms with Crippen molar-refractivity contribution in [3.05, 3.63) is 81.6 Å². The van der Waals surface area contributed by atoms with Crippen LogP contribution in [0.15, 0.2) is 42.6 Å². The van der Waals surface area contributed by atoms with Crippen LogP contribution in [0.25, 0.3) is 22.2 Å². The smallest absolute Gasteiger partial charge is 0.417 e. The summed E-state index contributed by atoms with van der Waals surface area (Å²) in [7, 11) is 1.32. The lowest BCUT2D eigenvalue weighted by Crippen LogP contribution is -2.42. The Labute approximate surface area is 270 Å². The van der Waals surface area contributed by atoms with Crippen LogP contribution in [-0.4, -0.2) is 42.0 Å². The summed E-state index contributed by atoms with van der Waals surface area (Å²) >= 11 is 5.90. The normalized spacial score (nSPS) is 18.7. The number of hydrogen-bond donors (Lipinski definition) is 2. The molecule has 1 aliphatic carbocycles. The van der Waals surface area contributed by atoms with E-state index >= 15 is 4.39 Å². The molecule has 2 atom stereocenters. The Bertz CT molecular complexity index is 1970. The number of nitrogens with two attached hydrogens (primary N) is 1. The number of alkyl halides is 3. The number of nitrogens with zero attached hydrogens (tertiary/aromatic N) is 2. The van der Waals surface area contributed by atoms with E-state index in [1.54, 1.807) is 13.0 Å². The van der Waals surface area contributed by atoms with Gasteiger partial charge in [-0.25, -0.2) is 13.8 Å². The number of primary amides is 1. The molecule has 8 nitrogen and oxygen atoms in total. The number of benzene rings is 2. The topological polar surface area (TPSA) is 116 Å². The third kappa shape index (κ3) is 5.49. The summed E-state index contributed by atoms with van der Waals surface area (Å²) in [5, 5.41) is 2.20. The number of pyridine rings is 2. The van der Waals surface area contributed by atoms with E-state index in [2.05, 4.69) is 10.3 Å². The maximum atomic E-state index is 15.4. The summed E-state index contributed by atoms with van der Waals surface area (Å²) in [5.74, 6) is -3.09. The number of ether oxygens (including phenoxy) is 2. The van der Waals surface area contributed by atoms with Crippen LogP contribution in [0.5, 0.6) is 11.5 Å². The molecule has 0 radical (unpaired) electrons. The molecular formula is C33H28ClF5N4O4. The van der Waals surface area contributed by atoms with Crippen LogP contribution in [0.4, 0.5) is 22.0 Å². The number of halogens is 6. The first-order valence-electron chi connectivity index (χ1n) is 14.5. The van der Waals surface area contributed by atoms with Crippen LogP contribution >= 0.6 is 11.6 Å². The van der Waals surface area contributed by atoms with E-state index < -0.39 is 51.0 Å². The van der Waals surface area contributed by atoms with Crippen LogP contribution in [0.3, 0.4) is 0 Å². The zero-order chi connectivity index (χ0) is 34.1. The minimum Gasteiger partial charge on any atom is -0.494 e. The van der Waals surface area contributed by atoms with Crippen molar-refractivity contribution in [1.29, 1.82) is 0 Å². The quantitative estimate of drug-likeness (QED) is 0.163. The number of amides is 2. The van der Waals surface area contributed by atoms with Gasteiger partial charge in [-0.05, 0) is 62.1 Å². The molecule has 1 fully saturated rings. The van der Waals surface area contributed by atoms with E-state index in [-0.39, 0.29) is 58.3 Å². The molecule has 0 saturated heterocycles. The molecule has 3 heterocycles. The fourth-order valence-corrected chi connectivity index (χ4v) is 6.12. The minimum absolute atomic E-state index is 0.00369. The van der Waals surface area contributed by atoms with Crippen molar-refractivity contribution < 1.29 is 41.0 Å². The number of carbonyl (C=O) groups is 2. The average molecular weight is 675 g/mol. The molecule has 14 heteroatoms. The Hall–Kier alpha value is -4.52. The van der Waals surface area contributed by atoms with Gasteiger partial charge < -0.3 is 20.5 Å². The van der Waals surface area contributed by atoms with Crippen molar-refractivity contribution >= 4 is 34.3 Å². The molecule has 47 heavy (non-hydrogen) atoms. The summed E-state index contributed by atoms with van der Waals surface area (Å²) in [6.07, 6.45) is -2.39. The van der Waals surface area contributed by atoms with Crippen molar-refractivity contribution in [2.45, 2.75) is 43.7 Å². The molecule has 2 aliphatic rings. The largest absolute Gasteiger partial charge is 0.494 e. The highest BCUT2D eigenvalue weighted by atomic mass is 35.5. The van der Waals surface area contributed by atoms with E-state index in [9.17, 15) is 27.2 Å². The van der Waals surface area contributed by atoms with Crippen molar-refractivity contribution in [2.24, 2.45) is 11.7 Å². The van der Waals surface area contributed by atoms with Crippen molar-refractivity contribution in [3.8, 4) is 22.8 Å². The number of carbonyl (C=O) groups excluding carboxylic acids is 2. The maximum Gasteiger partial charge on any atom is 0.417 e. The highest BCUT2D eigenvalue weighted by molar-refractivity contribution is 6.31. The van der Waals surface area contributed by atoms with Crippen molar-refractivity contribution in [3.63, 3.8) is 0 Å². The molecule has 1 aliphatic heterocycles. The number of methoxy groups -OCH3 is 1. The zero-order valence-corrected chi connectivity index (χ0v) is 26.1. The van der Waals surface area contributed by atoms with Gasteiger partial charge in [0, 0.05) is 45.9 Å². The molecule has 0 unspecified atom stereocenters. The van der Waals surface area contributed by atoms with E-state index in [0.717, 1.165) is 25.0 Å². The predicted octanol–water partition coefficient (Wildman–Crippen LogP) is 6.49. The lowest BCUT2D eigenvalue weighted by molar-refractivity contribution is -0.137. The summed E-state index contributed by atoms with van der Waals surface area (Å²) in [5.41, 5.74) is 3.40. The Kier molecular flexibility index (Phi) is 7.81. The summed E-state index contributed by atoms with van der Waals surface area (Å²) in [4.78, 5) is 34.8. The third-order valence-electron chi connectivity index (χ3n) is 9.14. The molecule has 6 rings (SSSR count).